The van der Waals surface area contributed by atoms with Gasteiger partial charge in [-0.15, -0.1) is 0 Å². The lowest BCUT2D eigenvalue weighted by atomic mass is 9.76. The van der Waals surface area contributed by atoms with E-state index < -0.39 is 12.0 Å². The zero-order valence-electron chi connectivity index (χ0n) is 16.4. The maximum atomic E-state index is 12.3. The fourth-order valence-corrected chi connectivity index (χ4v) is 4.95. The van der Waals surface area contributed by atoms with Gasteiger partial charge in [0, 0.05) is 32.1 Å². The molecule has 146 valence electrons. The first-order valence-electron chi connectivity index (χ1n) is 10.2. The van der Waals surface area contributed by atoms with E-state index in [0.29, 0.717) is 18.9 Å². The molecule has 1 atom stereocenters. The summed E-state index contributed by atoms with van der Waals surface area (Å²) in [6.07, 6.45) is 4.66. The summed E-state index contributed by atoms with van der Waals surface area (Å²) in [6.45, 7) is 7.28. The molecule has 4 rings (SSSR count). The Hall–Kier alpha value is -1.88. The van der Waals surface area contributed by atoms with Gasteiger partial charge in [0.1, 0.15) is 6.04 Å². The molecule has 1 aromatic carbocycles. The van der Waals surface area contributed by atoms with E-state index in [4.69, 9.17) is 0 Å². The average molecular weight is 370 g/mol. The van der Waals surface area contributed by atoms with Crippen LogP contribution < -0.4 is 0 Å². The van der Waals surface area contributed by atoms with Crippen molar-refractivity contribution in [2.45, 2.75) is 58.5 Å². The fraction of sp³-hybridized carbons (Fsp3) is 0.636. The average Bonchev–Trinajstić information content (AvgIpc) is 3.41. The zero-order valence-corrected chi connectivity index (χ0v) is 16.4. The maximum Gasteiger partial charge on any atom is 0.320 e. The Bertz CT molecular complexity index is 748. The molecule has 1 aromatic rings. The van der Waals surface area contributed by atoms with Crippen LogP contribution in [0.15, 0.2) is 18.2 Å². The van der Waals surface area contributed by atoms with E-state index in [1.54, 1.807) is 0 Å². The third-order valence-electron chi connectivity index (χ3n) is 6.82. The van der Waals surface area contributed by atoms with Gasteiger partial charge in [-0.3, -0.25) is 14.5 Å². The normalized spacial score (nSPS) is 25.1. The number of carboxylic acid groups (broad SMARTS) is 1. The van der Waals surface area contributed by atoms with Crippen molar-refractivity contribution >= 4 is 11.9 Å². The monoisotopic (exact) mass is 370 g/mol. The molecule has 1 N–H and O–H groups in total. The number of carbonyl (C=O) groups excluding carboxylic acids is 1. The van der Waals surface area contributed by atoms with Crippen LogP contribution >= 0.6 is 0 Å². The highest BCUT2D eigenvalue weighted by Crippen LogP contribution is 2.45. The molecule has 1 aliphatic carbocycles. The predicted molar refractivity (Wildman–Crippen MR) is 103 cm³/mol. The molecule has 2 heterocycles. The first-order chi connectivity index (χ1) is 12.9. The lowest BCUT2D eigenvalue weighted by Gasteiger charge is -2.39. The van der Waals surface area contributed by atoms with Gasteiger partial charge < -0.3 is 10.0 Å². The summed E-state index contributed by atoms with van der Waals surface area (Å²) in [7, 11) is 0. The Balaban J connectivity index is 1.45. The molecule has 5 nitrogen and oxygen atoms in total. The van der Waals surface area contributed by atoms with Crippen molar-refractivity contribution in [3.63, 3.8) is 0 Å². The molecule has 3 fully saturated rings. The van der Waals surface area contributed by atoms with Crippen LogP contribution in [0.5, 0.6) is 0 Å². The molecule has 0 bridgehead atoms. The highest BCUT2D eigenvalue weighted by atomic mass is 16.4. The quantitative estimate of drug-likeness (QED) is 0.885. The molecule has 27 heavy (non-hydrogen) atoms. The van der Waals surface area contributed by atoms with Gasteiger partial charge in [0.15, 0.2) is 0 Å². The highest BCUT2D eigenvalue weighted by Gasteiger charge is 2.49. The second kappa shape index (κ2) is 6.93. The predicted octanol–water partition coefficient (Wildman–Crippen LogP) is 2.98. The minimum Gasteiger partial charge on any atom is -0.480 e. The third kappa shape index (κ3) is 3.75. The van der Waals surface area contributed by atoms with Gasteiger partial charge in [-0.1, -0.05) is 23.8 Å². The number of carboxylic acids is 1. The first kappa shape index (κ1) is 18.5. The van der Waals surface area contributed by atoms with Crippen molar-refractivity contribution in [1.29, 1.82) is 0 Å². The minimum atomic E-state index is -0.715. The van der Waals surface area contributed by atoms with Gasteiger partial charge in [-0.25, -0.2) is 0 Å². The lowest BCUT2D eigenvalue weighted by molar-refractivity contribution is -0.142. The number of carbonyl (C=O) groups is 2. The van der Waals surface area contributed by atoms with Gasteiger partial charge in [-0.2, -0.15) is 0 Å². The van der Waals surface area contributed by atoms with Crippen molar-refractivity contribution < 1.29 is 14.7 Å². The van der Waals surface area contributed by atoms with E-state index in [1.165, 1.54) is 16.7 Å². The second-order valence-electron chi connectivity index (χ2n) is 8.99. The molecule has 3 aliphatic rings. The van der Waals surface area contributed by atoms with E-state index in [-0.39, 0.29) is 11.3 Å². The SMILES string of the molecule is Cc1ccc(CN2CC3(CCN(C(=O)C4CC4)CC3)CC2C(=O)O)c(C)c1. The number of amides is 1. The van der Waals surface area contributed by atoms with Crippen LogP contribution in [-0.2, 0) is 16.1 Å². The Kier molecular flexibility index (Phi) is 4.75. The number of nitrogens with zero attached hydrogens (tertiary/aromatic N) is 2. The Morgan fingerprint density at radius 2 is 1.89 bits per heavy atom. The first-order valence-corrected chi connectivity index (χ1v) is 10.2. The molecule has 2 saturated heterocycles. The number of benzene rings is 1. The number of likely N-dealkylation sites (tertiary alicyclic amines) is 2. The van der Waals surface area contributed by atoms with Crippen molar-refractivity contribution in [2.75, 3.05) is 19.6 Å². The molecule has 1 amide bonds. The largest absolute Gasteiger partial charge is 0.480 e. The standard InChI is InChI=1S/C22H30N2O3/c1-15-3-4-18(16(2)11-15)13-24-14-22(12-19(24)21(26)27)7-9-23(10-8-22)20(25)17-5-6-17/h3-4,11,17,19H,5-10,12-14H2,1-2H3,(H,26,27). The van der Waals surface area contributed by atoms with Crippen LogP contribution in [-0.4, -0.2) is 52.5 Å². The topological polar surface area (TPSA) is 60.9 Å². The van der Waals surface area contributed by atoms with Crippen LogP contribution in [0.25, 0.3) is 0 Å². The van der Waals surface area contributed by atoms with E-state index in [1.807, 2.05) is 4.90 Å². The highest BCUT2D eigenvalue weighted by molar-refractivity contribution is 5.81. The summed E-state index contributed by atoms with van der Waals surface area (Å²) in [5.41, 5.74) is 3.72. The van der Waals surface area contributed by atoms with Crippen molar-refractivity contribution in [2.24, 2.45) is 11.3 Å². The van der Waals surface area contributed by atoms with Crippen LogP contribution in [0.4, 0.5) is 0 Å². The van der Waals surface area contributed by atoms with E-state index >= 15 is 0 Å². The molecule has 5 heteroatoms. The lowest BCUT2D eigenvalue weighted by Crippen LogP contribution is -2.44. The van der Waals surface area contributed by atoms with Crippen LogP contribution in [0.2, 0.25) is 0 Å². The Labute approximate surface area is 161 Å². The molecule has 0 aromatic heterocycles. The number of aliphatic carboxylic acids is 1. The number of hydrogen-bond donors (Lipinski definition) is 1. The molecule has 1 spiro atoms. The van der Waals surface area contributed by atoms with Gasteiger partial charge >= 0.3 is 5.97 Å². The van der Waals surface area contributed by atoms with Crippen molar-refractivity contribution in [3.05, 3.63) is 34.9 Å². The summed E-state index contributed by atoms with van der Waals surface area (Å²) in [5.74, 6) is -0.117. The third-order valence-corrected chi connectivity index (χ3v) is 6.82. The summed E-state index contributed by atoms with van der Waals surface area (Å²) >= 11 is 0. The molecule has 1 saturated carbocycles. The smallest absolute Gasteiger partial charge is 0.320 e. The van der Waals surface area contributed by atoms with E-state index in [0.717, 1.165) is 45.3 Å². The number of hydrogen-bond acceptors (Lipinski definition) is 3. The molecule has 0 radical (unpaired) electrons. The number of piperidine rings is 1. The number of rotatable bonds is 4. The number of aryl methyl sites for hydroxylation is 2. The van der Waals surface area contributed by atoms with Gasteiger partial charge in [0.25, 0.3) is 0 Å². The van der Waals surface area contributed by atoms with Gasteiger partial charge in [0.2, 0.25) is 5.91 Å². The Morgan fingerprint density at radius 1 is 1.19 bits per heavy atom. The minimum absolute atomic E-state index is 0.0436. The second-order valence-corrected chi connectivity index (χ2v) is 8.99. The fourth-order valence-electron chi connectivity index (χ4n) is 4.95. The van der Waals surface area contributed by atoms with Gasteiger partial charge in [-0.05, 0) is 62.5 Å². The molecular weight excluding hydrogens is 340 g/mol. The van der Waals surface area contributed by atoms with E-state index in [9.17, 15) is 14.7 Å². The molecule has 1 unspecified atom stereocenters. The van der Waals surface area contributed by atoms with Crippen LogP contribution in [0, 0.1) is 25.2 Å². The summed E-state index contributed by atoms with van der Waals surface area (Å²) in [4.78, 5) is 28.4. The maximum absolute atomic E-state index is 12.3. The summed E-state index contributed by atoms with van der Waals surface area (Å²) < 4.78 is 0. The Morgan fingerprint density at radius 3 is 2.48 bits per heavy atom. The van der Waals surface area contributed by atoms with Gasteiger partial charge in [0.05, 0.1) is 0 Å². The summed E-state index contributed by atoms with van der Waals surface area (Å²) in [6, 6.07) is 5.98. The molecular formula is C22H30N2O3. The van der Waals surface area contributed by atoms with Crippen molar-refractivity contribution in [3.8, 4) is 0 Å². The van der Waals surface area contributed by atoms with Crippen LogP contribution in [0.3, 0.4) is 0 Å². The van der Waals surface area contributed by atoms with Crippen LogP contribution in [0.1, 0.15) is 48.8 Å². The molecule has 2 aliphatic heterocycles. The zero-order chi connectivity index (χ0) is 19.2. The summed E-state index contributed by atoms with van der Waals surface area (Å²) in [5, 5.41) is 9.80. The van der Waals surface area contributed by atoms with E-state index in [2.05, 4.69) is 36.9 Å². The van der Waals surface area contributed by atoms with Crippen molar-refractivity contribution in [1.82, 2.24) is 9.80 Å².